The van der Waals surface area contributed by atoms with Crippen LogP contribution in [0.25, 0.3) is 5.69 Å². The number of halogens is 1. The van der Waals surface area contributed by atoms with E-state index in [0.29, 0.717) is 23.9 Å². The van der Waals surface area contributed by atoms with E-state index in [0.717, 1.165) is 0 Å². The van der Waals surface area contributed by atoms with Gasteiger partial charge in [0.15, 0.2) is 0 Å². The fraction of sp³-hybridized carbons (Fsp3) is 0.467. The first-order valence-corrected chi connectivity index (χ1v) is 8.62. The third-order valence-corrected chi connectivity index (χ3v) is 4.49. The van der Waals surface area contributed by atoms with E-state index in [2.05, 4.69) is 15.5 Å². The zero-order chi connectivity index (χ0) is 17.1. The molecule has 1 aliphatic rings. The molecule has 1 aromatic heterocycles. The van der Waals surface area contributed by atoms with E-state index in [9.17, 15) is 9.18 Å². The SMILES string of the molecule is C[C@@H]1CN(C(=O)CSc2nnnn2-c2cccc(F)c2)C[C@H](C)O1. The van der Waals surface area contributed by atoms with Crippen molar-refractivity contribution in [2.45, 2.75) is 31.2 Å². The topological polar surface area (TPSA) is 73.1 Å². The van der Waals surface area contributed by atoms with Crippen molar-refractivity contribution in [1.29, 1.82) is 0 Å². The molecule has 2 heterocycles. The van der Waals surface area contributed by atoms with Gasteiger partial charge in [0.1, 0.15) is 5.82 Å². The molecule has 1 fully saturated rings. The van der Waals surface area contributed by atoms with Crippen molar-refractivity contribution in [2.24, 2.45) is 0 Å². The van der Waals surface area contributed by atoms with Gasteiger partial charge in [-0.25, -0.2) is 4.39 Å². The fourth-order valence-electron chi connectivity index (χ4n) is 2.64. The van der Waals surface area contributed by atoms with Gasteiger partial charge < -0.3 is 9.64 Å². The highest BCUT2D eigenvalue weighted by molar-refractivity contribution is 7.99. The zero-order valence-electron chi connectivity index (χ0n) is 13.4. The second-order valence-corrected chi connectivity index (χ2v) is 6.64. The van der Waals surface area contributed by atoms with Crippen molar-refractivity contribution in [2.75, 3.05) is 18.8 Å². The van der Waals surface area contributed by atoms with Crippen LogP contribution >= 0.6 is 11.8 Å². The number of tetrazole rings is 1. The molecule has 128 valence electrons. The van der Waals surface area contributed by atoms with E-state index in [1.165, 1.54) is 28.6 Å². The van der Waals surface area contributed by atoms with Gasteiger partial charge in [-0.05, 0) is 42.5 Å². The molecule has 0 saturated carbocycles. The number of benzene rings is 1. The molecule has 0 N–H and O–H groups in total. The number of ether oxygens (including phenoxy) is 1. The Balaban J connectivity index is 1.65. The van der Waals surface area contributed by atoms with Crippen LogP contribution in [0.15, 0.2) is 29.4 Å². The normalized spacial score (nSPS) is 21.0. The van der Waals surface area contributed by atoms with E-state index in [1.807, 2.05) is 13.8 Å². The Labute approximate surface area is 143 Å². The molecular weight excluding hydrogens is 333 g/mol. The summed E-state index contributed by atoms with van der Waals surface area (Å²) in [5, 5.41) is 11.8. The number of amides is 1. The minimum absolute atomic E-state index is 0.00999. The summed E-state index contributed by atoms with van der Waals surface area (Å²) in [5.74, 6) is -0.142. The van der Waals surface area contributed by atoms with Crippen LogP contribution in [0.3, 0.4) is 0 Å². The summed E-state index contributed by atoms with van der Waals surface area (Å²) in [6.07, 6.45) is 0.0561. The van der Waals surface area contributed by atoms with Gasteiger partial charge in [0.2, 0.25) is 11.1 Å². The Morgan fingerprint density at radius 2 is 2.12 bits per heavy atom. The number of hydrogen-bond acceptors (Lipinski definition) is 6. The minimum atomic E-state index is -0.369. The van der Waals surface area contributed by atoms with E-state index in [4.69, 9.17) is 4.74 Å². The van der Waals surface area contributed by atoms with Crippen LogP contribution in [0.5, 0.6) is 0 Å². The number of rotatable bonds is 4. The van der Waals surface area contributed by atoms with E-state index < -0.39 is 0 Å². The summed E-state index contributed by atoms with van der Waals surface area (Å²) in [7, 11) is 0. The van der Waals surface area contributed by atoms with Crippen molar-refractivity contribution in [3.63, 3.8) is 0 Å². The third-order valence-electron chi connectivity index (χ3n) is 3.59. The number of thioether (sulfide) groups is 1. The fourth-order valence-corrected chi connectivity index (χ4v) is 3.43. The predicted octanol–water partition coefficient (Wildman–Crippen LogP) is 1.53. The lowest BCUT2D eigenvalue weighted by Crippen LogP contribution is -2.48. The number of carbonyl (C=O) groups is 1. The average Bonchev–Trinajstić information content (AvgIpc) is 3.00. The Hall–Kier alpha value is -2.00. The van der Waals surface area contributed by atoms with Crippen LogP contribution in [0.2, 0.25) is 0 Å². The summed E-state index contributed by atoms with van der Waals surface area (Å²) in [6, 6.07) is 5.98. The largest absolute Gasteiger partial charge is 0.372 e. The maximum Gasteiger partial charge on any atom is 0.233 e. The number of morpholine rings is 1. The van der Waals surface area contributed by atoms with Crippen molar-refractivity contribution in [1.82, 2.24) is 25.1 Å². The molecule has 3 rings (SSSR count). The van der Waals surface area contributed by atoms with Gasteiger partial charge in [-0.1, -0.05) is 17.8 Å². The molecule has 1 amide bonds. The molecule has 1 aliphatic heterocycles. The lowest BCUT2D eigenvalue weighted by Gasteiger charge is -2.35. The van der Waals surface area contributed by atoms with Gasteiger partial charge >= 0.3 is 0 Å². The number of aromatic nitrogens is 4. The average molecular weight is 351 g/mol. The summed E-state index contributed by atoms with van der Waals surface area (Å²) in [5.41, 5.74) is 0.517. The molecule has 1 saturated heterocycles. The highest BCUT2D eigenvalue weighted by atomic mass is 32.2. The smallest absolute Gasteiger partial charge is 0.233 e. The molecule has 0 unspecified atom stereocenters. The Morgan fingerprint density at radius 3 is 2.83 bits per heavy atom. The summed E-state index contributed by atoms with van der Waals surface area (Å²) >= 11 is 1.23. The monoisotopic (exact) mass is 351 g/mol. The third kappa shape index (κ3) is 3.90. The lowest BCUT2D eigenvalue weighted by atomic mass is 10.2. The van der Waals surface area contributed by atoms with Gasteiger partial charge in [-0.3, -0.25) is 4.79 Å². The maximum atomic E-state index is 13.4. The van der Waals surface area contributed by atoms with Crippen LogP contribution in [0.1, 0.15) is 13.8 Å². The van der Waals surface area contributed by atoms with E-state index in [1.54, 1.807) is 17.0 Å². The van der Waals surface area contributed by atoms with Crippen LogP contribution in [-0.2, 0) is 9.53 Å². The molecule has 2 aromatic rings. The first-order valence-electron chi connectivity index (χ1n) is 7.63. The van der Waals surface area contributed by atoms with Gasteiger partial charge in [0.05, 0.1) is 23.6 Å². The highest BCUT2D eigenvalue weighted by Gasteiger charge is 2.26. The lowest BCUT2D eigenvalue weighted by molar-refractivity contribution is -0.140. The summed E-state index contributed by atoms with van der Waals surface area (Å²) < 4.78 is 20.4. The highest BCUT2D eigenvalue weighted by Crippen LogP contribution is 2.20. The van der Waals surface area contributed by atoms with E-state index >= 15 is 0 Å². The van der Waals surface area contributed by atoms with Gasteiger partial charge in [0.25, 0.3) is 0 Å². The molecule has 1 aromatic carbocycles. The Bertz CT molecular complexity index is 715. The first-order chi connectivity index (χ1) is 11.5. The Morgan fingerprint density at radius 1 is 1.38 bits per heavy atom. The number of hydrogen-bond donors (Lipinski definition) is 0. The van der Waals surface area contributed by atoms with Gasteiger partial charge in [-0.15, -0.1) is 5.10 Å². The van der Waals surface area contributed by atoms with Crippen molar-refractivity contribution in [3.8, 4) is 5.69 Å². The minimum Gasteiger partial charge on any atom is -0.372 e. The van der Waals surface area contributed by atoms with E-state index in [-0.39, 0.29) is 29.7 Å². The Kier molecular flexibility index (Phi) is 5.10. The van der Waals surface area contributed by atoms with Crippen LogP contribution < -0.4 is 0 Å². The molecule has 2 atom stereocenters. The van der Waals surface area contributed by atoms with Crippen LogP contribution in [0.4, 0.5) is 4.39 Å². The molecule has 9 heteroatoms. The van der Waals surface area contributed by atoms with Crippen LogP contribution in [-0.4, -0.2) is 62.1 Å². The van der Waals surface area contributed by atoms with Gasteiger partial charge in [-0.2, -0.15) is 4.68 Å². The van der Waals surface area contributed by atoms with Crippen molar-refractivity contribution in [3.05, 3.63) is 30.1 Å². The second-order valence-electron chi connectivity index (χ2n) is 5.70. The van der Waals surface area contributed by atoms with Crippen molar-refractivity contribution < 1.29 is 13.9 Å². The molecule has 7 nitrogen and oxygen atoms in total. The summed E-state index contributed by atoms with van der Waals surface area (Å²) in [6.45, 7) is 5.07. The molecule has 0 spiro atoms. The second kappa shape index (κ2) is 7.27. The van der Waals surface area contributed by atoms with Crippen LogP contribution in [0, 0.1) is 5.82 Å². The molecule has 0 bridgehead atoms. The number of nitrogens with zero attached hydrogens (tertiary/aromatic N) is 5. The van der Waals surface area contributed by atoms with Gasteiger partial charge in [0, 0.05) is 13.1 Å². The molecule has 24 heavy (non-hydrogen) atoms. The predicted molar refractivity (Wildman–Crippen MR) is 86.4 cm³/mol. The molecular formula is C15H18FN5O2S. The van der Waals surface area contributed by atoms with Crippen molar-refractivity contribution >= 4 is 17.7 Å². The standard InChI is InChI=1S/C15H18FN5O2S/c1-10-7-20(8-11(2)23-10)14(22)9-24-15-17-18-19-21(15)13-5-3-4-12(16)6-13/h3-6,10-11H,7-9H2,1-2H3/t10-,11+. The summed E-state index contributed by atoms with van der Waals surface area (Å²) in [4.78, 5) is 14.2. The first kappa shape index (κ1) is 16.8. The molecule has 0 aliphatic carbocycles. The number of carbonyl (C=O) groups excluding carboxylic acids is 1. The maximum absolute atomic E-state index is 13.4. The quantitative estimate of drug-likeness (QED) is 0.778. The molecule has 0 radical (unpaired) electrons. The zero-order valence-corrected chi connectivity index (χ0v) is 14.2.